The highest BCUT2D eigenvalue weighted by molar-refractivity contribution is 9.11. The number of halogens is 3. The zero-order valence-electron chi connectivity index (χ0n) is 9.58. The van der Waals surface area contributed by atoms with Gasteiger partial charge in [0.05, 0.1) is 14.5 Å². The smallest absolute Gasteiger partial charge is 0.263 e. The summed E-state index contributed by atoms with van der Waals surface area (Å²) < 4.78 is 40.5. The first-order valence-electron chi connectivity index (χ1n) is 5.03. The predicted octanol–water partition coefficient (Wildman–Crippen LogP) is 4.41. The van der Waals surface area contributed by atoms with E-state index in [9.17, 15) is 12.8 Å². The summed E-state index contributed by atoms with van der Waals surface area (Å²) in [6.45, 7) is 1.69. The molecule has 19 heavy (non-hydrogen) atoms. The van der Waals surface area contributed by atoms with E-state index < -0.39 is 15.8 Å². The molecule has 0 spiro atoms. The third-order valence-electron chi connectivity index (χ3n) is 2.30. The standard InChI is InChI=1S/C11H8BrClFNO2S2/c1-6-10(5-11(12)18-6)19(16,17)15-9-4-7(14)2-3-8(9)13/h2-5,15H,1H3. The average molecular weight is 385 g/mol. The Bertz CT molecular complexity index is 730. The highest BCUT2D eigenvalue weighted by Gasteiger charge is 2.20. The summed E-state index contributed by atoms with van der Waals surface area (Å²) in [7, 11) is -3.78. The monoisotopic (exact) mass is 383 g/mol. The summed E-state index contributed by atoms with van der Waals surface area (Å²) in [4.78, 5) is 0.775. The maximum absolute atomic E-state index is 13.1. The van der Waals surface area contributed by atoms with Gasteiger partial charge in [-0.25, -0.2) is 12.8 Å². The molecule has 102 valence electrons. The van der Waals surface area contributed by atoms with Gasteiger partial charge >= 0.3 is 0 Å². The first kappa shape index (κ1) is 14.8. The van der Waals surface area contributed by atoms with Crippen molar-refractivity contribution in [3.05, 3.63) is 43.8 Å². The third-order valence-corrected chi connectivity index (χ3v) is 5.81. The minimum atomic E-state index is -3.78. The molecule has 0 bridgehead atoms. The fourth-order valence-electron chi connectivity index (χ4n) is 1.47. The predicted molar refractivity (Wildman–Crippen MR) is 79.0 cm³/mol. The van der Waals surface area contributed by atoms with Gasteiger partial charge in [-0.3, -0.25) is 4.72 Å². The van der Waals surface area contributed by atoms with Crippen molar-refractivity contribution in [2.75, 3.05) is 4.72 Å². The summed E-state index contributed by atoms with van der Waals surface area (Å²) in [5, 5.41) is 0.136. The van der Waals surface area contributed by atoms with Crippen molar-refractivity contribution in [1.82, 2.24) is 0 Å². The number of hydrogen-bond acceptors (Lipinski definition) is 3. The molecule has 0 amide bonds. The molecule has 0 aliphatic heterocycles. The third kappa shape index (κ3) is 3.28. The Kier molecular flexibility index (Phi) is 4.20. The maximum Gasteiger partial charge on any atom is 0.263 e. The number of anilines is 1. The first-order chi connectivity index (χ1) is 8.79. The lowest BCUT2D eigenvalue weighted by Crippen LogP contribution is -2.13. The van der Waals surface area contributed by atoms with Crippen LogP contribution in [-0.2, 0) is 10.0 Å². The van der Waals surface area contributed by atoms with E-state index in [4.69, 9.17) is 11.6 Å². The Labute approximate surface area is 127 Å². The highest BCUT2D eigenvalue weighted by atomic mass is 79.9. The summed E-state index contributed by atoms with van der Waals surface area (Å²) in [5.41, 5.74) is 0.0170. The van der Waals surface area contributed by atoms with Gasteiger partial charge in [-0.05, 0) is 47.1 Å². The molecule has 1 aromatic heterocycles. The van der Waals surface area contributed by atoms with Crippen LogP contribution in [0.2, 0.25) is 5.02 Å². The minimum absolute atomic E-state index is 0.0170. The second-order valence-electron chi connectivity index (χ2n) is 3.70. The molecule has 0 radical (unpaired) electrons. The van der Waals surface area contributed by atoms with Crippen molar-refractivity contribution in [2.24, 2.45) is 0 Å². The molecule has 0 fully saturated rings. The lowest BCUT2D eigenvalue weighted by Gasteiger charge is -2.09. The van der Waals surface area contributed by atoms with Gasteiger partial charge in [-0.1, -0.05) is 11.6 Å². The summed E-state index contributed by atoms with van der Waals surface area (Å²) in [6.07, 6.45) is 0. The maximum atomic E-state index is 13.1. The van der Waals surface area contributed by atoms with Crippen LogP contribution in [0.15, 0.2) is 32.9 Å². The molecule has 1 N–H and O–H groups in total. The van der Waals surface area contributed by atoms with E-state index in [0.29, 0.717) is 8.66 Å². The Morgan fingerprint density at radius 2 is 2.05 bits per heavy atom. The zero-order valence-corrected chi connectivity index (χ0v) is 13.6. The number of benzene rings is 1. The van der Waals surface area contributed by atoms with E-state index in [1.54, 1.807) is 6.92 Å². The van der Waals surface area contributed by atoms with E-state index >= 15 is 0 Å². The van der Waals surface area contributed by atoms with Crippen LogP contribution in [0.5, 0.6) is 0 Å². The Morgan fingerprint density at radius 1 is 1.37 bits per heavy atom. The van der Waals surface area contributed by atoms with Crippen LogP contribution in [-0.4, -0.2) is 8.42 Å². The fourth-order valence-corrected chi connectivity index (χ4v) is 5.18. The number of aryl methyl sites for hydroxylation is 1. The molecule has 0 saturated carbocycles. The quantitative estimate of drug-likeness (QED) is 0.852. The Hall–Kier alpha value is -0.630. The summed E-state index contributed by atoms with van der Waals surface area (Å²) >= 11 is 10.4. The summed E-state index contributed by atoms with van der Waals surface area (Å²) in [5.74, 6) is -0.565. The SMILES string of the molecule is Cc1sc(Br)cc1S(=O)(=O)Nc1cc(F)ccc1Cl. The molecule has 2 rings (SSSR count). The second-order valence-corrected chi connectivity index (χ2v) is 8.39. The second kappa shape index (κ2) is 5.40. The molecule has 0 saturated heterocycles. The van der Waals surface area contributed by atoms with E-state index in [0.717, 1.165) is 12.1 Å². The van der Waals surface area contributed by atoms with Gasteiger partial charge < -0.3 is 0 Å². The van der Waals surface area contributed by atoms with Gasteiger partial charge in [0.15, 0.2) is 0 Å². The molecule has 8 heteroatoms. The number of hydrogen-bond donors (Lipinski definition) is 1. The van der Waals surface area contributed by atoms with Crippen LogP contribution in [0.25, 0.3) is 0 Å². The van der Waals surface area contributed by atoms with Crippen LogP contribution in [0, 0.1) is 12.7 Å². The number of rotatable bonds is 3. The average Bonchev–Trinajstić information content (AvgIpc) is 2.63. The van der Waals surface area contributed by atoms with Gasteiger partial charge in [0.1, 0.15) is 10.7 Å². The van der Waals surface area contributed by atoms with Crippen molar-refractivity contribution >= 4 is 54.6 Å². The lowest BCUT2D eigenvalue weighted by molar-refractivity contribution is 0.601. The summed E-state index contributed by atoms with van der Waals surface area (Å²) in [6, 6.07) is 4.99. The van der Waals surface area contributed by atoms with Crippen molar-refractivity contribution in [3.63, 3.8) is 0 Å². The van der Waals surface area contributed by atoms with Crippen LogP contribution in [0.1, 0.15) is 4.88 Å². The zero-order chi connectivity index (χ0) is 14.2. The van der Waals surface area contributed by atoms with Crippen molar-refractivity contribution in [1.29, 1.82) is 0 Å². The number of sulfonamides is 1. The molecular formula is C11H8BrClFNO2S2. The largest absolute Gasteiger partial charge is 0.278 e. The lowest BCUT2D eigenvalue weighted by atomic mass is 10.3. The number of thiophene rings is 1. The van der Waals surface area contributed by atoms with Gasteiger partial charge in [0.2, 0.25) is 0 Å². The van der Waals surface area contributed by atoms with Gasteiger partial charge in [-0.15, -0.1) is 11.3 Å². The van der Waals surface area contributed by atoms with Gasteiger partial charge in [0.25, 0.3) is 10.0 Å². The van der Waals surface area contributed by atoms with Crippen molar-refractivity contribution < 1.29 is 12.8 Å². The van der Waals surface area contributed by atoms with Gasteiger partial charge in [0, 0.05) is 4.88 Å². The van der Waals surface area contributed by atoms with E-state index in [-0.39, 0.29) is 15.6 Å². The minimum Gasteiger partial charge on any atom is -0.278 e. The molecule has 0 aliphatic rings. The topological polar surface area (TPSA) is 46.2 Å². The Morgan fingerprint density at radius 3 is 2.63 bits per heavy atom. The normalized spacial score (nSPS) is 11.6. The van der Waals surface area contributed by atoms with Crippen LogP contribution in [0.4, 0.5) is 10.1 Å². The van der Waals surface area contributed by atoms with E-state index in [2.05, 4.69) is 20.7 Å². The molecule has 2 aromatic rings. The van der Waals surface area contributed by atoms with Crippen molar-refractivity contribution in [2.45, 2.75) is 11.8 Å². The Balaban J connectivity index is 2.42. The van der Waals surface area contributed by atoms with E-state index in [1.807, 2.05) is 0 Å². The molecule has 3 nitrogen and oxygen atoms in total. The number of nitrogens with one attached hydrogen (secondary N) is 1. The van der Waals surface area contributed by atoms with Crippen molar-refractivity contribution in [3.8, 4) is 0 Å². The van der Waals surface area contributed by atoms with Crippen LogP contribution < -0.4 is 4.72 Å². The first-order valence-corrected chi connectivity index (χ1v) is 8.50. The van der Waals surface area contributed by atoms with E-state index in [1.165, 1.54) is 23.5 Å². The molecule has 1 heterocycles. The molecule has 1 aromatic carbocycles. The molecule has 0 unspecified atom stereocenters. The van der Waals surface area contributed by atoms with Crippen LogP contribution in [0.3, 0.4) is 0 Å². The highest BCUT2D eigenvalue weighted by Crippen LogP contribution is 2.32. The molecule has 0 aliphatic carbocycles. The fraction of sp³-hybridized carbons (Fsp3) is 0.0909. The van der Waals surface area contributed by atoms with Crippen LogP contribution >= 0.6 is 38.9 Å². The van der Waals surface area contributed by atoms with Gasteiger partial charge in [-0.2, -0.15) is 0 Å². The molecular weight excluding hydrogens is 377 g/mol. The molecule has 0 atom stereocenters.